The Bertz CT molecular complexity index is 1230. The quantitative estimate of drug-likeness (QED) is 0.598. The van der Waals surface area contributed by atoms with E-state index < -0.39 is 0 Å². The van der Waals surface area contributed by atoms with Crippen LogP contribution in [0, 0.1) is 20.8 Å². The minimum absolute atomic E-state index is 0.236. The molecule has 0 saturated heterocycles. The summed E-state index contributed by atoms with van der Waals surface area (Å²) in [7, 11) is 1.55. The molecule has 2 amide bonds. The smallest absolute Gasteiger partial charge is 0.282 e. The van der Waals surface area contributed by atoms with Crippen LogP contribution in [0.4, 0.5) is 11.4 Å². The van der Waals surface area contributed by atoms with E-state index in [1.54, 1.807) is 19.2 Å². The number of amides is 2. The maximum absolute atomic E-state index is 13.6. The molecule has 3 aromatic carbocycles. The van der Waals surface area contributed by atoms with Gasteiger partial charge in [0.15, 0.2) is 0 Å². The Morgan fingerprint density at radius 2 is 1.55 bits per heavy atom. The summed E-state index contributed by atoms with van der Waals surface area (Å²) in [5.41, 5.74) is 5.40. The van der Waals surface area contributed by atoms with Gasteiger partial charge in [-0.2, -0.15) is 0 Å². The van der Waals surface area contributed by atoms with E-state index in [4.69, 9.17) is 4.74 Å². The number of nitrogens with zero attached hydrogens (tertiary/aromatic N) is 1. The first-order valence-electron chi connectivity index (χ1n) is 10.1. The molecular weight excluding hydrogens is 388 g/mol. The number of para-hydroxylation sites is 1. The predicted octanol–water partition coefficient (Wildman–Crippen LogP) is 5.02. The lowest BCUT2D eigenvalue weighted by Crippen LogP contribution is -2.33. The van der Waals surface area contributed by atoms with Gasteiger partial charge in [0.1, 0.15) is 11.4 Å². The normalized spacial score (nSPS) is 13.7. The van der Waals surface area contributed by atoms with Crippen LogP contribution in [0.5, 0.6) is 5.75 Å². The first-order valence-corrected chi connectivity index (χ1v) is 10.1. The van der Waals surface area contributed by atoms with Gasteiger partial charge in [0, 0.05) is 11.3 Å². The van der Waals surface area contributed by atoms with Gasteiger partial charge in [-0.1, -0.05) is 48.0 Å². The number of methoxy groups -OCH3 is 1. The second-order valence-corrected chi connectivity index (χ2v) is 7.68. The van der Waals surface area contributed by atoms with E-state index in [1.165, 1.54) is 4.90 Å². The fourth-order valence-corrected chi connectivity index (χ4v) is 3.89. The van der Waals surface area contributed by atoms with Crippen LogP contribution in [0.1, 0.15) is 22.3 Å². The second-order valence-electron chi connectivity index (χ2n) is 7.68. The zero-order valence-electron chi connectivity index (χ0n) is 18.0. The van der Waals surface area contributed by atoms with E-state index in [2.05, 4.69) is 5.32 Å². The highest BCUT2D eigenvalue weighted by molar-refractivity contribution is 6.46. The van der Waals surface area contributed by atoms with Crippen molar-refractivity contribution >= 4 is 28.8 Å². The Morgan fingerprint density at radius 1 is 0.806 bits per heavy atom. The third-order valence-electron chi connectivity index (χ3n) is 5.34. The number of rotatable bonds is 5. The number of ether oxygens (including phenoxy) is 1. The maximum Gasteiger partial charge on any atom is 0.282 e. The number of anilines is 2. The molecule has 0 bridgehead atoms. The van der Waals surface area contributed by atoms with Gasteiger partial charge in [-0.25, -0.2) is 4.90 Å². The van der Waals surface area contributed by atoms with Crippen LogP contribution < -0.4 is 15.0 Å². The summed E-state index contributed by atoms with van der Waals surface area (Å²) in [6.07, 6.45) is 0. The van der Waals surface area contributed by atoms with Crippen molar-refractivity contribution in [3.8, 4) is 5.75 Å². The first-order chi connectivity index (χ1) is 14.9. The molecule has 31 heavy (non-hydrogen) atoms. The molecule has 0 aliphatic carbocycles. The Morgan fingerprint density at radius 3 is 2.26 bits per heavy atom. The summed E-state index contributed by atoms with van der Waals surface area (Å²) < 4.78 is 5.50. The van der Waals surface area contributed by atoms with Gasteiger partial charge in [-0.05, 0) is 56.2 Å². The average molecular weight is 412 g/mol. The van der Waals surface area contributed by atoms with Crippen molar-refractivity contribution in [1.82, 2.24) is 0 Å². The van der Waals surface area contributed by atoms with Crippen LogP contribution in [0.2, 0.25) is 0 Å². The van der Waals surface area contributed by atoms with E-state index in [0.29, 0.717) is 22.6 Å². The number of hydrogen-bond donors (Lipinski definition) is 1. The third kappa shape index (κ3) is 3.70. The molecule has 1 aliphatic rings. The van der Waals surface area contributed by atoms with Gasteiger partial charge in [-0.3, -0.25) is 9.59 Å². The van der Waals surface area contributed by atoms with E-state index in [0.717, 1.165) is 22.4 Å². The van der Waals surface area contributed by atoms with Crippen molar-refractivity contribution < 1.29 is 14.3 Å². The van der Waals surface area contributed by atoms with Crippen LogP contribution in [0.25, 0.3) is 5.57 Å². The Labute approximate surface area is 182 Å². The summed E-state index contributed by atoms with van der Waals surface area (Å²) in [5.74, 6) is -0.236. The second kappa shape index (κ2) is 8.11. The zero-order chi connectivity index (χ0) is 22.1. The van der Waals surface area contributed by atoms with Gasteiger partial charge < -0.3 is 10.1 Å². The molecule has 1 heterocycles. The molecule has 156 valence electrons. The van der Waals surface area contributed by atoms with Crippen LogP contribution in [0.15, 0.2) is 72.4 Å². The average Bonchev–Trinajstić information content (AvgIpc) is 2.98. The Kier molecular flexibility index (Phi) is 5.34. The van der Waals surface area contributed by atoms with E-state index in [1.807, 2.05) is 75.4 Å². The van der Waals surface area contributed by atoms with Gasteiger partial charge >= 0.3 is 0 Å². The third-order valence-corrected chi connectivity index (χ3v) is 5.34. The van der Waals surface area contributed by atoms with Crippen molar-refractivity contribution in [3.63, 3.8) is 0 Å². The number of carbonyl (C=O) groups is 2. The molecule has 0 spiro atoms. The number of nitrogens with one attached hydrogen (secondary N) is 1. The van der Waals surface area contributed by atoms with Gasteiger partial charge in [-0.15, -0.1) is 0 Å². The largest absolute Gasteiger partial charge is 0.496 e. The van der Waals surface area contributed by atoms with Crippen molar-refractivity contribution in [2.24, 2.45) is 0 Å². The van der Waals surface area contributed by atoms with Crippen LogP contribution in [-0.2, 0) is 9.59 Å². The lowest BCUT2D eigenvalue weighted by atomic mass is 10.0. The zero-order valence-corrected chi connectivity index (χ0v) is 18.0. The highest BCUT2D eigenvalue weighted by atomic mass is 16.5. The summed E-state index contributed by atoms with van der Waals surface area (Å²) >= 11 is 0. The fourth-order valence-electron chi connectivity index (χ4n) is 3.89. The minimum atomic E-state index is -0.389. The molecule has 5 heteroatoms. The molecular formula is C26H24N2O3. The molecule has 0 unspecified atom stereocenters. The highest BCUT2D eigenvalue weighted by Gasteiger charge is 2.41. The molecule has 4 rings (SSSR count). The summed E-state index contributed by atoms with van der Waals surface area (Å²) in [6.45, 7) is 5.86. The Hall–Kier alpha value is -3.86. The number of hydrogen-bond acceptors (Lipinski definition) is 4. The molecule has 0 radical (unpaired) electrons. The molecule has 3 aromatic rings. The molecule has 0 saturated carbocycles. The lowest BCUT2D eigenvalue weighted by molar-refractivity contribution is -0.120. The molecule has 1 aliphatic heterocycles. The van der Waals surface area contributed by atoms with E-state index in [-0.39, 0.29) is 17.5 Å². The first kappa shape index (κ1) is 20.4. The fraction of sp³-hybridized carbons (Fsp3) is 0.154. The Balaban J connectivity index is 1.88. The number of carbonyl (C=O) groups excluding carboxylic acids is 2. The molecule has 0 aromatic heterocycles. The minimum Gasteiger partial charge on any atom is -0.496 e. The van der Waals surface area contributed by atoms with Crippen molar-refractivity contribution in [2.75, 3.05) is 17.3 Å². The van der Waals surface area contributed by atoms with E-state index >= 15 is 0 Å². The van der Waals surface area contributed by atoms with Crippen molar-refractivity contribution in [3.05, 3.63) is 94.7 Å². The van der Waals surface area contributed by atoms with Crippen LogP contribution in [0.3, 0.4) is 0 Å². The standard InChI is InChI=1S/C26H24N2O3/c1-16-8-7-9-19(15-16)27-24-23(20-10-5-6-11-22(20)31-4)25(29)28(26(24)30)21-13-12-17(2)14-18(21)3/h5-15,27H,1-4H3. The van der Waals surface area contributed by atoms with Gasteiger partial charge in [0.25, 0.3) is 11.8 Å². The monoisotopic (exact) mass is 412 g/mol. The summed E-state index contributed by atoms with van der Waals surface area (Å²) in [5, 5.41) is 3.20. The molecule has 5 nitrogen and oxygen atoms in total. The van der Waals surface area contributed by atoms with Gasteiger partial charge in [0.2, 0.25) is 0 Å². The molecule has 1 N–H and O–H groups in total. The van der Waals surface area contributed by atoms with E-state index in [9.17, 15) is 9.59 Å². The van der Waals surface area contributed by atoms with Crippen LogP contribution >= 0.6 is 0 Å². The summed E-state index contributed by atoms with van der Waals surface area (Å²) in [4.78, 5) is 28.5. The summed E-state index contributed by atoms with van der Waals surface area (Å²) in [6, 6.07) is 20.6. The van der Waals surface area contributed by atoms with Crippen LogP contribution in [-0.4, -0.2) is 18.9 Å². The predicted molar refractivity (Wildman–Crippen MR) is 123 cm³/mol. The topological polar surface area (TPSA) is 58.6 Å². The van der Waals surface area contributed by atoms with Gasteiger partial charge in [0.05, 0.1) is 18.4 Å². The van der Waals surface area contributed by atoms with Crippen molar-refractivity contribution in [2.45, 2.75) is 20.8 Å². The SMILES string of the molecule is COc1ccccc1C1=C(Nc2cccc(C)c2)C(=O)N(c2ccc(C)cc2C)C1=O. The molecule has 0 fully saturated rings. The highest BCUT2D eigenvalue weighted by Crippen LogP contribution is 2.38. The number of imide groups is 1. The number of aryl methyl sites for hydroxylation is 3. The number of benzene rings is 3. The molecule has 0 atom stereocenters. The lowest BCUT2D eigenvalue weighted by Gasteiger charge is -2.18. The van der Waals surface area contributed by atoms with Crippen molar-refractivity contribution in [1.29, 1.82) is 0 Å². The maximum atomic E-state index is 13.6.